The molecule has 0 amide bonds. The summed E-state index contributed by atoms with van der Waals surface area (Å²) in [6.07, 6.45) is 6.25. The van der Waals surface area contributed by atoms with Crippen LogP contribution in [0.3, 0.4) is 0 Å². The Bertz CT molecular complexity index is 317. The molecular weight excluding hydrogens is 250 g/mol. The van der Waals surface area contributed by atoms with Gasteiger partial charge in [0.2, 0.25) is 0 Å². The minimum atomic E-state index is -0.454. The Morgan fingerprint density at radius 2 is 1.90 bits per heavy atom. The molecule has 0 spiro atoms. The zero-order chi connectivity index (χ0) is 15.4. The topological polar surface area (TPSA) is 38.3 Å². The van der Waals surface area contributed by atoms with Gasteiger partial charge in [-0.3, -0.25) is 10.1 Å². The maximum atomic E-state index is 12.3. The highest BCUT2D eigenvalue weighted by Gasteiger charge is 2.45. The first-order valence-corrected chi connectivity index (χ1v) is 8.17. The quantitative estimate of drug-likeness (QED) is 0.751. The summed E-state index contributed by atoms with van der Waals surface area (Å²) in [7, 11) is 1.50. The normalized spacial score (nSPS) is 29.0. The van der Waals surface area contributed by atoms with Crippen molar-refractivity contribution in [1.29, 1.82) is 0 Å². The van der Waals surface area contributed by atoms with Crippen molar-refractivity contribution in [3.05, 3.63) is 0 Å². The van der Waals surface area contributed by atoms with E-state index < -0.39 is 5.54 Å². The molecule has 0 heterocycles. The maximum Gasteiger partial charge on any atom is 0.326 e. The molecule has 20 heavy (non-hydrogen) atoms. The van der Waals surface area contributed by atoms with Gasteiger partial charge in [-0.25, -0.2) is 0 Å². The number of ether oxygens (including phenoxy) is 1. The average Bonchev–Trinajstić information content (AvgIpc) is 2.46. The Labute approximate surface area is 124 Å². The van der Waals surface area contributed by atoms with E-state index >= 15 is 0 Å². The van der Waals surface area contributed by atoms with E-state index in [0.717, 1.165) is 32.1 Å². The first-order valence-electron chi connectivity index (χ1n) is 8.17. The van der Waals surface area contributed by atoms with Gasteiger partial charge in [0.25, 0.3) is 0 Å². The SMILES string of the molecule is CCC(C)NC1(C(=O)OC)CCC(C(C)(C)CC)CC1. The van der Waals surface area contributed by atoms with Gasteiger partial charge in [-0.2, -0.15) is 0 Å². The van der Waals surface area contributed by atoms with Crippen LogP contribution in [0.2, 0.25) is 0 Å². The van der Waals surface area contributed by atoms with Crippen LogP contribution < -0.4 is 5.32 Å². The second-order valence-corrected chi connectivity index (χ2v) is 7.14. The third-order valence-corrected chi connectivity index (χ3v) is 5.57. The van der Waals surface area contributed by atoms with E-state index in [9.17, 15) is 4.79 Å². The Kier molecular flexibility index (Phi) is 6.06. The fourth-order valence-electron chi connectivity index (χ4n) is 3.36. The van der Waals surface area contributed by atoms with Crippen LogP contribution in [0, 0.1) is 11.3 Å². The lowest BCUT2D eigenvalue weighted by molar-refractivity contribution is -0.151. The van der Waals surface area contributed by atoms with Crippen molar-refractivity contribution in [3.63, 3.8) is 0 Å². The van der Waals surface area contributed by atoms with Crippen LogP contribution in [0.15, 0.2) is 0 Å². The molecule has 0 bridgehead atoms. The average molecular weight is 283 g/mol. The Balaban J connectivity index is 2.79. The van der Waals surface area contributed by atoms with Crippen LogP contribution in [0.1, 0.15) is 73.1 Å². The summed E-state index contributed by atoms with van der Waals surface area (Å²) in [5.74, 6) is 0.634. The summed E-state index contributed by atoms with van der Waals surface area (Å²) in [6.45, 7) is 11.3. The molecule has 0 aliphatic heterocycles. The van der Waals surface area contributed by atoms with Crippen LogP contribution in [0.4, 0.5) is 0 Å². The highest BCUT2D eigenvalue weighted by molar-refractivity contribution is 5.81. The lowest BCUT2D eigenvalue weighted by Gasteiger charge is -2.44. The predicted octanol–water partition coefficient (Wildman–Crippen LogP) is 3.91. The molecule has 0 aromatic rings. The van der Waals surface area contributed by atoms with Gasteiger partial charge in [0.15, 0.2) is 0 Å². The smallest absolute Gasteiger partial charge is 0.326 e. The molecule has 0 saturated heterocycles. The lowest BCUT2D eigenvalue weighted by atomic mass is 9.65. The van der Waals surface area contributed by atoms with E-state index in [0.29, 0.717) is 17.4 Å². The van der Waals surface area contributed by atoms with Gasteiger partial charge in [0.1, 0.15) is 5.54 Å². The molecule has 0 aromatic carbocycles. The number of hydrogen-bond donors (Lipinski definition) is 1. The molecule has 118 valence electrons. The summed E-state index contributed by atoms with van der Waals surface area (Å²) < 4.78 is 5.08. The van der Waals surface area contributed by atoms with E-state index in [4.69, 9.17) is 4.74 Å². The van der Waals surface area contributed by atoms with Gasteiger partial charge in [0, 0.05) is 6.04 Å². The van der Waals surface area contributed by atoms with Gasteiger partial charge in [0.05, 0.1) is 7.11 Å². The highest BCUT2D eigenvalue weighted by Crippen LogP contribution is 2.43. The van der Waals surface area contributed by atoms with E-state index in [1.165, 1.54) is 13.5 Å². The van der Waals surface area contributed by atoms with Gasteiger partial charge >= 0.3 is 5.97 Å². The number of rotatable bonds is 6. The number of nitrogens with one attached hydrogen (secondary N) is 1. The Morgan fingerprint density at radius 3 is 2.30 bits per heavy atom. The molecule has 1 atom stereocenters. The number of carbonyl (C=O) groups is 1. The first kappa shape index (κ1) is 17.5. The summed E-state index contributed by atoms with van der Waals surface area (Å²) in [5.41, 5.74) is -0.0802. The van der Waals surface area contributed by atoms with Gasteiger partial charge in [-0.15, -0.1) is 0 Å². The monoisotopic (exact) mass is 283 g/mol. The number of carbonyl (C=O) groups excluding carboxylic acids is 1. The second kappa shape index (κ2) is 6.93. The van der Waals surface area contributed by atoms with Crippen LogP contribution in [0.25, 0.3) is 0 Å². The van der Waals surface area contributed by atoms with Crippen molar-refractivity contribution < 1.29 is 9.53 Å². The molecule has 1 N–H and O–H groups in total. The largest absolute Gasteiger partial charge is 0.468 e. The molecule has 0 aromatic heterocycles. The van der Waals surface area contributed by atoms with Crippen molar-refractivity contribution in [2.45, 2.75) is 84.7 Å². The molecule has 1 aliphatic carbocycles. The van der Waals surface area contributed by atoms with E-state index in [2.05, 4.69) is 39.9 Å². The van der Waals surface area contributed by atoms with E-state index in [1.54, 1.807) is 0 Å². The van der Waals surface area contributed by atoms with Crippen molar-refractivity contribution in [1.82, 2.24) is 5.32 Å². The maximum absolute atomic E-state index is 12.3. The van der Waals surface area contributed by atoms with Crippen LogP contribution in [-0.4, -0.2) is 24.7 Å². The van der Waals surface area contributed by atoms with E-state index in [1.807, 2.05) is 0 Å². The molecule has 1 saturated carbocycles. The molecule has 1 rings (SSSR count). The van der Waals surface area contributed by atoms with Crippen molar-refractivity contribution in [3.8, 4) is 0 Å². The Morgan fingerprint density at radius 1 is 1.35 bits per heavy atom. The third-order valence-electron chi connectivity index (χ3n) is 5.57. The molecule has 0 radical (unpaired) electrons. The third kappa shape index (κ3) is 3.75. The summed E-state index contributed by atoms with van der Waals surface area (Å²) >= 11 is 0. The highest BCUT2D eigenvalue weighted by atomic mass is 16.5. The van der Waals surface area contributed by atoms with Gasteiger partial charge in [-0.05, 0) is 50.4 Å². The first-order chi connectivity index (χ1) is 9.31. The standard InChI is InChI=1S/C17H33NO2/c1-7-13(3)18-17(15(19)20-6)11-9-14(10-12-17)16(4,5)8-2/h13-14,18H,7-12H2,1-6H3. The van der Waals surface area contributed by atoms with Crippen LogP contribution >= 0.6 is 0 Å². The molecule has 1 fully saturated rings. The fourth-order valence-corrected chi connectivity index (χ4v) is 3.36. The van der Waals surface area contributed by atoms with Gasteiger partial charge in [-0.1, -0.05) is 34.1 Å². The number of hydrogen-bond acceptors (Lipinski definition) is 3. The number of methoxy groups -OCH3 is 1. The fraction of sp³-hybridized carbons (Fsp3) is 0.941. The minimum Gasteiger partial charge on any atom is -0.468 e. The molecular formula is C17H33NO2. The molecule has 3 heteroatoms. The summed E-state index contributed by atoms with van der Waals surface area (Å²) in [6, 6.07) is 0.352. The van der Waals surface area contributed by atoms with Crippen molar-refractivity contribution >= 4 is 5.97 Å². The van der Waals surface area contributed by atoms with Crippen molar-refractivity contribution in [2.24, 2.45) is 11.3 Å². The van der Waals surface area contributed by atoms with Crippen LogP contribution in [-0.2, 0) is 9.53 Å². The predicted molar refractivity (Wildman–Crippen MR) is 83.7 cm³/mol. The minimum absolute atomic E-state index is 0.0782. The Hall–Kier alpha value is -0.570. The van der Waals surface area contributed by atoms with Gasteiger partial charge < -0.3 is 4.74 Å². The summed E-state index contributed by atoms with van der Waals surface area (Å²) in [5, 5.41) is 3.55. The second-order valence-electron chi connectivity index (χ2n) is 7.14. The zero-order valence-electron chi connectivity index (χ0n) is 14.2. The van der Waals surface area contributed by atoms with Crippen molar-refractivity contribution in [2.75, 3.05) is 7.11 Å². The van der Waals surface area contributed by atoms with E-state index in [-0.39, 0.29) is 5.97 Å². The molecule has 1 unspecified atom stereocenters. The molecule has 1 aliphatic rings. The molecule has 3 nitrogen and oxygen atoms in total. The summed E-state index contributed by atoms with van der Waals surface area (Å²) in [4.78, 5) is 12.3. The zero-order valence-corrected chi connectivity index (χ0v) is 14.2. The number of esters is 1. The lowest BCUT2D eigenvalue weighted by Crippen LogP contribution is -2.58. The van der Waals surface area contributed by atoms with Crippen LogP contribution in [0.5, 0.6) is 0 Å².